The van der Waals surface area contributed by atoms with Gasteiger partial charge < -0.3 is 24.0 Å². The van der Waals surface area contributed by atoms with Crippen molar-refractivity contribution < 1.29 is 19.0 Å². The lowest BCUT2D eigenvalue weighted by Gasteiger charge is -2.34. The molecule has 0 aromatic carbocycles. The Hall–Kier alpha value is -4.73. The number of aromatic nitrogens is 8. The molecule has 2 fully saturated rings. The number of halogens is 2. The van der Waals surface area contributed by atoms with Gasteiger partial charge in [0.15, 0.2) is 0 Å². The first-order chi connectivity index (χ1) is 25.9. The number of amides is 1. The summed E-state index contributed by atoms with van der Waals surface area (Å²) in [5.74, 6) is 0. The van der Waals surface area contributed by atoms with Gasteiger partial charge in [0.25, 0.3) is 0 Å². The zero-order valence-electron chi connectivity index (χ0n) is 30.6. The lowest BCUT2D eigenvalue weighted by Crippen LogP contribution is -2.48. The molecule has 0 radical (unpaired) electrons. The van der Waals surface area contributed by atoms with Crippen LogP contribution in [0.5, 0.6) is 0 Å². The average molecular weight is 774 g/mol. The number of carbonyl (C=O) groups excluding carboxylic acids is 1. The van der Waals surface area contributed by atoms with E-state index in [9.17, 15) is 4.79 Å². The predicted octanol–water partition coefficient (Wildman–Crippen LogP) is 6.26. The minimum atomic E-state index is -0.519. The maximum atomic E-state index is 12.3. The normalized spacial score (nSPS) is 18.1. The molecule has 0 aliphatic carbocycles. The number of rotatable bonds is 6. The van der Waals surface area contributed by atoms with Gasteiger partial charge >= 0.3 is 6.09 Å². The van der Waals surface area contributed by atoms with Crippen LogP contribution in [0.1, 0.15) is 20.8 Å². The van der Waals surface area contributed by atoms with Crippen LogP contribution in [-0.4, -0.2) is 120 Å². The first-order valence-electron chi connectivity index (χ1n) is 17.7. The number of nitrogens with zero attached hydrogens (tertiary/aromatic N) is 10. The van der Waals surface area contributed by atoms with Gasteiger partial charge in [-0.15, -0.1) is 0 Å². The topological polar surface area (TPSA) is 138 Å². The highest BCUT2D eigenvalue weighted by Gasteiger charge is 2.28. The highest BCUT2D eigenvalue weighted by atomic mass is 35.5. The minimum absolute atomic E-state index is 0.158. The molecule has 282 valence electrons. The second-order valence-electron chi connectivity index (χ2n) is 14.4. The van der Waals surface area contributed by atoms with Crippen molar-refractivity contribution in [2.24, 2.45) is 0 Å². The van der Waals surface area contributed by atoms with Gasteiger partial charge in [-0.05, 0) is 64.2 Å². The maximum absolute atomic E-state index is 12.3. The fourth-order valence-corrected chi connectivity index (χ4v) is 6.53. The van der Waals surface area contributed by atoms with Crippen LogP contribution < -0.4 is 0 Å². The molecule has 2 atom stereocenters. The molecular formula is C38H42Cl2N10O4. The molecule has 2 aliphatic rings. The molecule has 2 aliphatic heterocycles. The lowest BCUT2D eigenvalue weighted by molar-refractivity contribution is -0.0483. The number of carbonyl (C=O) groups is 1. The summed E-state index contributed by atoms with van der Waals surface area (Å²) in [5, 5.41) is 9.79. The predicted molar refractivity (Wildman–Crippen MR) is 206 cm³/mol. The van der Waals surface area contributed by atoms with Crippen LogP contribution in [0.4, 0.5) is 4.79 Å². The number of ether oxygens (including phenoxy) is 3. The van der Waals surface area contributed by atoms with Gasteiger partial charge in [-0.3, -0.25) is 19.3 Å². The van der Waals surface area contributed by atoms with E-state index in [2.05, 4.69) is 42.1 Å². The molecule has 2 unspecified atom stereocenters. The molecule has 0 N–H and O–H groups in total. The van der Waals surface area contributed by atoms with Crippen molar-refractivity contribution in [3.63, 3.8) is 0 Å². The molecule has 0 bridgehead atoms. The summed E-state index contributed by atoms with van der Waals surface area (Å²) in [7, 11) is 2.11. The summed E-state index contributed by atoms with van der Waals surface area (Å²) >= 11 is 12.0. The third-order valence-corrected chi connectivity index (χ3v) is 9.27. The molecule has 16 heteroatoms. The van der Waals surface area contributed by atoms with Gasteiger partial charge in [0.2, 0.25) is 0 Å². The van der Waals surface area contributed by atoms with Crippen molar-refractivity contribution in [1.82, 2.24) is 49.3 Å². The van der Waals surface area contributed by atoms with Crippen molar-refractivity contribution in [1.29, 1.82) is 0 Å². The fraction of sp³-hybridized carbons (Fsp3) is 0.395. The van der Waals surface area contributed by atoms with Crippen molar-refractivity contribution in [3.8, 4) is 22.3 Å². The summed E-state index contributed by atoms with van der Waals surface area (Å²) < 4.78 is 20.8. The third-order valence-electron chi connectivity index (χ3n) is 8.85. The van der Waals surface area contributed by atoms with Gasteiger partial charge in [-0.2, -0.15) is 10.2 Å². The number of pyridine rings is 4. The highest BCUT2D eigenvalue weighted by molar-refractivity contribution is 6.30. The van der Waals surface area contributed by atoms with Crippen molar-refractivity contribution in [2.75, 3.05) is 46.4 Å². The fourth-order valence-electron chi connectivity index (χ4n) is 6.22. The van der Waals surface area contributed by atoms with Crippen LogP contribution in [0.25, 0.3) is 44.3 Å². The Labute approximate surface area is 323 Å². The average Bonchev–Trinajstić information content (AvgIpc) is 3.81. The van der Waals surface area contributed by atoms with Crippen LogP contribution in [0.15, 0.2) is 73.6 Å². The number of likely N-dealkylation sites (N-methyl/N-ethyl adjacent to an activating group) is 1. The van der Waals surface area contributed by atoms with Crippen LogP contribution >= 0.6 is 23.2 Å². The van der Waals surface area contributed by atoms with Gasteiger partial charge in [0.05, 0.1) is 79.5 Å². The van der Waals surface area contributed by atoms with Gasteiger partial charge in [-0.25, -0.2) is 14.8 Å². The molecule has 0 saturated carbocycles. The summed E-state index contributed by atoms with van der Waals surface area (Å²) in [6.45, 7) is 11.0. The van der Waals surface area contributed by atoms with Crippen molar-refractivity contribution in [3.05, 3.63) is 83.9 Å². The monoisotopic (exact) mass is 772 g/mol. The molecule has 8 rings (SSSR count). The largest absolute Gasteiger partial charge is 0.444 e. The smallest absolute Gasteiger partial charge is 0.410 e. The Bertz CT molecular complexity index is 2240. The zero-order valence-corrected chi connectivity index (χ0v) is 32.1. The Morgan fingerprint density at radius 2 is 1.26 bits per heavy atom. The first-order valence-corrected chi connectivity index (χ1v) is 18.5. The Kier molecular flexibility index (Phi) is 11.4. The van der Waals surface area contributed by atoms with E-state index in [0.29, 0.717) is 36.5 Å². The molecule has 8 heterocycles. The van der Waals surface area contributed by atoms with Gasteiger partial charge in [0, 0.05) is 66.7 Å². The summed E-state index contributed by atoms with van der Waals surface area (Å²) in [4.78, 5) is 33.8. The van der Waals surface area contributed by atoms with E-state index in [-0.39, 0.29) is 18.3 Å². The number of fused-ring (bicyclic) bond motifs is 2. The number of morpholine rings is 2. The number of hydrogen-bond acceptors (Lipinski definition) is 11. The molecule has 6 aromatic heterocycles. The molecule has 54 heavy (non-hydrogen) atoms. The molecular weight excluding hydrogens is 731 g/mol. The van der Waals surface area contributed by atoms with E-state index in [1.54, 1.807) is 29.4 Å². The Morgan fingerprint density at radius 1 is 0.741 bits per heavy atom. The maximum Gasteiger partial charge on any atom is 0.410 e. The lowest BCUT2D eigenvalue weighted by atomic mass is 10.1. The third kappa shape index (κ3) is 9.68. The number of hydrogen-bond donors (Lipinski definition) is 0. The van der Waals surface area contributed by atoms with Crippen molar-refractivity contribution in [2.45, 2.75) is 51.7 Å². The van der Waals surface area contributed by atoms with Crippen LogP contribution in [-0.2, 0) is 27.3 Å². The van der Waals surface area contributed by atoms with E-state index in [1.165, 1.54) is 0 Å². The molecule has 14 nitrogen and oxygen atoms in total. The zero-order chi connectivity index (χ0) is 37.8. The van der Waals surface area contributed by atoms with Crippen LogP contribution in [0, 0.1) is 0 Å². The molecule has 6 aromatic rings. The summed E-state index contributed by atoms with van der Waals surface area (Å²) in [6, 6.07) is 11.1. The summed E-state index contributed by atoms with van der Waals surface area (Å²) in [6.07, 6.45) is 10.9. The standard InChI is InChI=1S/C21H24ClN5O3.C17H18ClN5O/c1-21(2,3)30-20(28)26-6-7-29-16(12-26)13-27-11-15(10-24-27)14-8-18-17(23-9-14)4-5-19(22)25-18;1-22-4-5-24-14(10-22)11-23-9-13(8-20-23)12-6-16-15(19-7-12)2-3-17(18)21-16/h4-5,8-11,16H,6-7,12-13H2,1-3H3;2-3,6-9,14H,4-5,10-11H2,1H3. The first kappa shape index (κ1) is 37.6. The Morgan fingerprint density at radius 3 is 1.78 bits per heavy atom. The minimum Gasteiger partial charge on any atom is -0.444 e. The van der Waals surface area contributed by atoms with Crippen LogP contribution in [0.2, 0.25) is 10.3 Å². The van der Waals surface area contributed by atoms with Gasteiger partial charge in [0.1, 0.15) is 15.9 Å². The van der Waals surface area contributed by atoms with E-state index >= 15 is 0 Å². The van der Waals surface area contributed by atoms with E-state index < -0.39 is 5.60 Å². The van der Waals surface area contributed by atoms with E-state index in [4.69, 9.17) is 37.4 Å². The molecule has 2 saturated heterocycles. The van der Waals surface area contributed by atoms with Gasteiger partial charge in [-0.1, -0.05) is 23.2 Å². The quantitative estimate of drug-likeness (QED) is 0.177. The highest BCUT2D eigenvalue weighted by Crippen LogP contribution is 2.24. The van der Waals surface area contributed by atoms with E-state index in [1.807, 2.05) is 79.2 Å². The second-order valence-corrected chi connectivity index (χ2v) is 15.1. The second kappa shape index (κ2) is 16.3. The van der Waals surface area contributed by atoms with Crippen LogP contribution in [0.3, 0.4) is 0 Å². The Balaban J connectivity index is 0.000000171. The molecule has 0 spiro atoms. The van der Waals surface area contributed by atoms with Crippen molar-refractivity contribution >= 4 is 51.4 Å². The molecule has 1 amide bonds. The summed E-state index contributed by atoms with van der Waals surface area (Å²) in [5.41, 5.74) is 6.42. The SMILES string of the molecule is CC(C)(C)OC(=O)N1CCOC(Cn2cc(-c3cnc4ccc(Cl)nc4c3)cn2)C1.CN1CCOC(Cn2cc(-c3cnc4ccc(Cl)nc4c3)cn2)C1. The van der Waals surface area contributed by atoms with E-state index in [0.717, 1.165) is 70.6 Å².